The van der Waals surface area contributed by atoms with E-state index in [0.29, 0.717) is 5.82 Å². The van der Waals surface area contributed by atoms with E-state index >= 15 is 8.78 Å². The summed E-state index contributed by atoms with van der Waals surface area (Å²) in [6.45, 7) is 4.87. The zero-order chi connectivity index (χ0) is 27.3. The van der Waals surface area contributed by atoms with Crippen molar-refractivity contribution in [2.45, 2.75) is 38.0 Å². The third-order valence-electron chi connectivity index (χ3n) is 5.24. The molecule has 0 aliphatic rings. The highest BCUT2D eigenvalue weighted by Gasteiger charge is 2.22. The number of benzene rings is 1. The van der Waals surface area contributed by atoms with Crippen LogP contribution in [0.4, 0.5) is 13.2 Å². The topological polar surface area (TPSA) is 90.1 Å². The predicted molar refractivity (Wildman–Crippen MR) is 138 cm³/mol. The van der Waals surface area contributed by atoms with Gasteiger partial charge in [0.25, 0.3) is 5.56 Å². The van der Waals surface area contributed by atoms with Crippen molar-refractivity contribution in [1.82, 2.24) is 19.5 Å². The fourth-order valence-electron chi connectivity index (χ4n) is 3.43. The van der Waals surface area contributed by atoms with E-state index in [1.807, 2.05) is 0 Å². The Balaban J connectivity index is 2.05. The van der Waals surface area contributed by atoms with Gasteiger partial charge >= 0.3 is 0 Å². The lowest BCUT2D eigenvalue weighted by Crippen LogP contribution is -2.24. The molecule has 0 aliphatic carbocycles. The van der Waals surface area contributed by atoms with Gasteiger partial charge in [-0.15, -0.1) is 0 Å². The molecule has 0 spiro atoms. The molecular formula is C25H23ClF3N5O2S. The van der Waals surface area contributed by atoms with Crippen molar-refractivity contribution in [3.05, 3.63) is 98.6 Å². The molecule has 1 aromatic carbocycles. The van der Waals surface area contributed by atoms with E-state index in [4.69, 9.17) is 11.6 Å². The summed E-state index contributed by atoms with van der Waals surface area (Å²) in [5.41, 5.74) is -1.14. The van der Waals surface area contributed by atoms with Crippen LogP contribution in [0, 0.1) is 18.6 Å². The van der Waals surface area contributed by atoms with Crippen LogP contribution in [0.1, 0.15) is 42.7 Å². The van der Waals surface area contributed by atoms with Crippen molar-refractivity contribution >= 4 is 34.3 Å². The number of aromatic nitrogens is 4. The Morgan fingerprint density at radius 2 is 1.95 bits per heavy atom. The van der Waals surface area contributed by atoms with Crippen LogP contribution in [0.2, 0.25) is 5.02 Å². The zero-order valence-corrected chi connectivity index (χ0v) is 21.9. The van der Waals surface area contributed by atoms with Crippen LogP contribution in [-0.4, -0.2) is 35.7 Å². The summed E-state index contributed by atoms with van der Waals surface area (Å²) in [6, 6.07) is 4.06. The molecular weight excluding hydrogens is 527 g/mol. The minimum atomic E-state index is -1.66. The lowest BCUT2D eigenvalue weighted by molar-refractivity contribution is 0.591. The van der Waals surface area contributed by atoms with Gasteiger partial charge in [-0.05, 0) is 26.0 Å². The smallest absolute Gasteiger partial charge is 0.267 e. The SMILES string of the molecule is C/C=C/N=C(/C(F)=C/n1c(C)nc(C(C)Cc2ncc(F)cn2)c(Cl)c1=O)c1cccc(S(C)=O)c1F. The maximum atomic E-state index is 15.5. The number of nitrogens with zero attached hydrogens (tertiary/aromatic N) is 5. The third-order valence-corrected chi connectivity index (χ3v) is 6.53. The fraction of sp³-hybridized carbons (Fsp3) is 0.240. The van der Waals surface area contributed by atoms with E-state index in [9.17, 15) is 13.4 Å². The second-order valence-electron chi connectivity index (χ2n) is 7.97. The zero-order valence-electron chi connectivity index (χ0n) is 20.4. The van der Waals surface area contributed by atoms with Crippen molar-refractivity contribution in [3.63, 3.8) is 0 Å². The molecule has 3 rings (SSSR count). The average Bonchev–Trinajstić information content (AvgIpc) is 2.86. The summed E-state index contributed by atoms with van der Waals surface area (Å²) in [5.74, 6) is -2.47. The number of rotatable bonds is 8. The molecule has 2 heterocycles. The summed E-state index contributed by atoms with van der Waals surface area (Å²) >= 11 is 6.32. The lowest BCUT2D eigenvalue weighted by Gasteiger charge is -2.15. The Morgan fingerprint density at radius 1 is 1.27 bits per heavy atom. The largest absolute Gasteiger partial charge is 0.276 e. The molecule has 2 unspecified atom stereocenters. The number of aryl methyl sites for hydroxylation is 1. The van der Waals surface area contributed by atoms with E-state index in [0.717, 1.165) is 23.2 Å². The normalized spacial score (nSPS) is 14.3. The summed E-state index contributed by atoms with van der Waals surface area (Å²) < 4.78 is 56.4. The number of hydrogen-bond donors (Lipinski definition) is 0. The molecule has 12 heteroatoms. The first-order valence-electron chi connectivity index (χ1n) is 11.0. The van der Waals surface area contributed by atoms with Gasteiger partial charge in [-0.1, -0.05) is 30.7 Å². The van der Waals surface area contributed by atoms with Crippen LogP contribution in [0.3, 0.4) is 0 Å². The van der Waals surface area contributed by atoms with Crippen LogP contribution < -0.4 is 5.56 Å². The van der Waals surface area contributed by atoms with E-state index in [1.165, 1.54) is 43.7 Å². The summed E-state index contributed by atoms with van der Waals surface area (Å²) in [7, 11) is -1.66. The monoisotopic (exact) mass is 549 g/mol. The van der Waals surface area contributed by atoms with Crippen LogP contribution in [0.15, 0.2) is 63.4 Å². The Morgan fingerprint density at radius 3 is 2.57 bits per heavy atom. The number of aliphatic imine (C=N–C) groups is 1. The Bertz CT molecular complexity index is 1490. The Kier molecular flexibility index (Phi) is 9.28. The summed E-state index contributed by atoms with van der Waals surface area (Å²) in [6.07, 6.45) is 7.21. The first-order chi connectivity index (χ1) is 17.5. The molecule has 0 bridgehead atoms. The van der Waals surface area contributed by atoms with Gasteiger partial charge in [-0.3, -0.25) is 18.6 Å². The summed E-state index contributed by atoms with van der Waals surface area (Å²) in [4.78, 5) is 29.1. The molecule has 2 aromatic heterocycles. The highest BCUT2D eigenvalue weighted by Crippen LogP contribution is 2.24. The average molecular weight is 550 g/mol. The molecule has 7 nitrogen and oxygen atoms in total. The standard InChI is InChI=1S/C25H23ClF3N5O2S/c1-5-9-30-24(17-7-6-8-19(22(17)29)37(4)36)18(28)13-34-15(3)33-23(21(26)25(34)35)14(2)10-20-31-11-16(27)12-32-20/h5-9,11-14H,10H2,1-4H3/b9-5+,18-13-,30-24+. The van der Waals surface area contributed by atoms with Crippen molar-refractivity contribution in [2.75, 3.05) is 6.26 Å². The Labute approximate surface area is 219 Å². The molecule has 0 saturated heterocycles. The second-order valence-corrected chi connectivity index (χ2v) is 9.69. The summed E-state index contributed by atoms with van der Waals surface area (Å²) in [5, 5.41) is -0.245. The molecule has 0 radical (unpaired) electrons. The molecule has 0 aliphatic heterocycles. The molecule has 194 valence electrons. The van der Waals surface area contributed by atoms with Crippen molar-refractivity contribution in [3.8, 4) is 0 Å². The minimum absolute atomic E-state index is 0.111. The molecule has 2 atom stereocenters. The molecule has 37 heavy (non-hydrogen) atoms. The molecule has 0 saturated carbocycles. The second kappa shape index (κ2) is 12.2. The Hall–Kier alpha value is -3.44. The van der Waals surface area contributed by atoms with Crippen molar-refractivity contribution in [1.29, 1.82) is 0 Å². The maximum Gasteiger partial charge on any atom is 0.276 e. The van der Waals surface area contributed by atoms with Crippen LogP contribution in [0.5, 0.6) is 0 Å². The lowest BCUT2D eigenvalue weighted by atomic mass is 10.0. The number of allylic oxidation sites excluding steroid dienone is 2. The van der Waals surface area contributed by atoms with Gasteiger partial charge in [0.15, 0.2) is 11.6 Å². The molecule has 0 N–H and O–H groups in total. The van der Waals surface area contributed by atoms with Crippen LogP contribution >= 0.6 is 11.6 Å². The van der Waals surface area contributed by atoms with Crippen molar-refractivity contribution < 1.29 is 17.4 Å². The van der Waals surface area contributed by atoms with Gasteiger partial charge in [0.1, 0.15) is 28.2 Å². The van der Waals surface area contributed by atoms with E-state index < -0.39 is 45.4 Å². The highest BCUT2D eigenvalue weighted by molar-refractivity contribution is 7.84. The van der Waals surface area contributed by atoms with E-state index in [1.54, 1.807) is 13.8 Å². The maximum absolute atomic E-state index is 15.5. The highest BCUT2D eigenvalue weighted by atomic mass is 35.5. The van der Waals surface area contributed by atoms with Crippen molar-refractivity contribution in [2.24, 2.45) is 4.99 Å². The quantitative estimate of drug-likeness (QED) is 0.363. The molecule has 0 amide bonds. The van der Waals surface area contributed by atoms with Gasteiger partial charge in [0.2, 0.25) is 0 Å². The number of hydrogen-bond acceptors (Lipinski definition) is 6. The molecule has 0 fully saturated rings. The first kappa shape index (κ1) is 28.1. The van der Waals surface area contributed by atoms with Crippen LogP contribution in [-0.2, 0) is 17.2 Å². The van der Waals surface area contributed by atoms with Crippen LogP contribution in [0.25, 0.3) is 6.20 Å². The van der Waals surface area contributed by atoms with E-state index in [-0.39, 0.29) is 33.4 Å². The third kappa shape index (κ3) is 6.47. The van der Waals surface area contributed by atoms with Gasteiger partial charge < -0.3 is 0 Å². The minimum Gasteiger partial charge on any atom is -0.267 e. The predicted octanol–water partition coefficient (Wildman–Crippen LogP) is 5.15. The van der Waals surface area contributed by atoms with Gasteiger partial charge in [-0.2, -0.15) is 0 Å². The van der Waals surface area contributed by atoms with Gasteiger partial charge in [0.05, 0.1) is 40.0 Å². The fourth-order valence-corrected chi connectivity index (χ4v) is 4.38. The molecule has 3 aromatic rings. The first-order valence-corrected chi connectivity index (χ1v) is 12.9. The number of halogens is 4. The van der Waals surface area contributed by atoms with Gasteiger partial charge in [0, 0.05) is 30.4 Å². The van der Waals surface area contributed by atoms with E-state index in [2.05, 4.69) is 19.9 Å². The van der Waals surface area contributed by atoms with Gasteiger partial charge in [-0.25, -0.2) is 28.1 Å².